The number of hydrogen-bond donors (Lipinski definition) is 1. The third kappa shape index (κ3) is 3.09. The number of aromatic carboxylic acids is 1. The van der Waals surface area contributed by atoms with E-state index in [9.17, 15) is 19.5 Å². The molecule has 0 saturated carbocycles. The molecule has 0 aliphatic carbocycles. The summed E-state index contributed by atoms with van der Waals surface area (Å²) in [4.78, 5) is 37.9. The van der Waals surface area contributed by atoms with Crippen LogP contribution in [0.1, 0.15) is 16.8 Å². The van der Waals surface area contributed by atoms with Crippen LogP contribution in [0.4, 0.5) is 5.69 Å². The summed E-state index contributed by atoms with van der Waals surface area (Å²) in [6.45, 7) is 0. The van der Waals surface area contributed by atoms with Gasteiger partial charge in [0.25, 0.3) is 0 Å². The number of carbonyl (C=O) groups is 3. The highest BCUT2D eigenvalue weighted by Crippen LogP contribution is 2.37. The van der Waals surface area contributed by atoms with Crippen molar-refractivity contribution < 1.29 is 19.5 Å². The lowest BCUT2D eigenvalue weighted by Gasteiger charge is -2.16. The van der Waals surface area contributed by atoms with Gasteiger partial charge >= 0.3 is 5.97 Å². The molecule has 3 rings (SSSR count). The summed E-state index contributed by atoms with van der Waals surface area (Å²) < 4.78 is 0.656. The van der Waals surface area contributed by atoms with E-state index in [2.05, 4.69) is 15.9 Å². The fraction of sp³-hybridized carbons (Fsp3) is 0.118. The SMILES string of the molecule is O=C(O)c1ccccc1S[C@H]1CC(=O)N(c2ccccc2Br)C1=O. The first kappa shape index (κ1) is 16.7. The molecule has 0 radical (unpaired) electrons. The van der Waals surface area contributed by atoms with Crippen LogP contribution in [0.5, 0.6) is 0 Å². The largest absolute Gasteiger partial charge is 0.478 e. The van der Waals surface area contributed by atoms with Gasteiger partial charge in [0.15, 0.2) is 0 Å². The van der Waals surface area contributed by atoms with Crippen LogP contribution < -0.4 is 4.90 Å². The predicted molar refractivity (Wildman–Crippen MR) is 94.3 cm³/mol. The lowest BCUT2D eigenvalue weighted by Crippen LogP contribution is -2.31. The number of amides is 2. The van der Waals surface area contributed by atoms with Gasteiger partial charge in [-0.25, -0.2) is 9.69 Å². The molecule has 0 aromatic heterocycles. The molecular formula is C17H12BrNO4S. The van der Waals surface area contributed by atoms with Crippen LogP contribution in [0.2, 0.25) is 0 Å². The number of thioether (sulfide) groups is 1. The van der Waals surface area contributed by atoms with Gasteiger partial charge < -0.3 is 5.11 Å². The van der Waals surface area contributed by atoms with Gasteiger partial charge in [-0.2, -0.15) is 0 Å². The van der Waals surface area contributed by atoms with E-state index in [-0.39, 0.29) is 23.8 Å². The fourth-order valence-corrected chi connectivity index (χ4v) is 4.12. The summed E-state index contributed by atoms with van der Waals surface area (Å²) in [5.74, 6) is -1.69. The normalized spacial score (nSPS) is 17.4. The van der Waals surface area contributed by atoms with E-state index in [1.165, 1.54) is 6.07 Å². The van der Waals surface area contributed by atoms with Crippen molar-refractivity contribution in [2.75, 3.05) is 4.90 Å². The zero-order chi connectivity index (χ0) is 17.3. The second kappa shape index (κ2) is 6.78. The number of nitrogens with zero attached hydrogens (tertiary/aromatic N) is 1. The monoisotopic (exact) mass is 405 g/mol. The topological polar surface area (TPSA) is 74.7 Å². The van der Waals surface area contributed by atoms with Gasteiger partial charge in [-0.1, -0.05) is 24.3 Å². The van der Waals surface area contributed by atoms with Crippen LogP contribution in [0.15, 0.2) is 57.9 Å². The smallest absolute Gasteiger partial charge is 0.336 e. The minimum Gasteiger partial charge on any atom is -0.478 e. The quantitative estimate of drug-likeness (QED) is 0.786. The number of para-hydroxylation sites is 1. The van der Waals surface area contributed by atoms with Crippen LogP contribution in [-0.2, 0) is 9.59 Å². The Bertz CT molecular complexity index is 839. The van der Waals surface area contributed by atoms with E-state index >= 15 is 0 Å². The van der Waals surface area contributed by atoms with Crippen molar-refractivity contribution >= 4 is 51.2 Å². The number of anilines is 1. The molecule has 2 aromatic rings. The van der Waals surface area contributed by atoms with Crippen LogP contribution >= 0.6 is 27.7 Å². The second-order valence-corrected chi connectivity index (χ2v) is 7.23. The van der Waals surface area contributed by atoms with Gasteiger partial charge in [-0.15, -0.1) is 11.8 Å². The molecule has 0 bridgehead atoms. The number of carboxylic acid groups (broad SMARTS) is 1. The van der Waals surface area contributed by atoms with Gasteiger partial charge in [0, 0.05) is 15.8 Å². The average Bonchev–Trinajstić information content (AvgIpc) is 2.82. The minimum atomic E-state index is -1.06. The van der Waals surface area contributed by atoms with Crippen molar-refractivity contribution in [2.45, 2.75) is 16.6 Å². The van der Waals surface area contributed by atoms with Crippen LogP contribution in [0.25, 0.3) is 0 Å². The molecule has 2 amide bonds. The van der Waals surface area contributed by atoms with Crippen molar-refractivity contribution in [3.8, 4) is 0 Å². The van der Waals surface area contributed by atoms with Crippen LogP contribution in [-0.4, -0.2) is 28.1 Å². The Morgan fingerprint density at radius 2 is 1.79 bits per heavy atom. The lowest BCUT2D eigenvalue weighted by atomic mass is 10.2. The lowest BCUT2D eigenvalue weighted by molar-refractivity contribution is -0.121. The highest BCUT2D eigenvalue weighted by molar-refractivity contribution is 9.10. The molecule has 7 heteroatoms. The molecule has 1 atom stereocenters. The highest BCUT2D eigenvalue weighted by Gasteiger charge is 2.41. The maximum Gasteiger partial charge on any atom is 0.336 e. The number of carboxylic acids is 1. The molecule has 122 valence electrons. The number of carbonyl (C=O) groups excluding carboxylic acids is 2. The Hall–Kier alpha value is -2.12. The third-order valence-electron chi connectivity index (χ3n) is 3.59. The fourth-order valence-electron chi connectivity index (χ4n) is 2.48. The Morgan fingerprint density at radius 3 is 2.50 bits per heavy atom. The van der Waals surface area contributed by atoms with Gasteiger partial charge in [0.2, 0.25) is 11.8 Å². The minimum absolute atomic E-state index is 0.0405. The van der Waals surface area contributed by atoms with E-state index in [4.69, 9.17) is 0 Å². The van der Waals surface area contributed by atoms with E-state index in [0.717, 1.165) is 16.7 Å². The Labute approximate surface area is 150 Å². The highest BCUT2D eigenvalue weighted by atomic mass is 79.9. The maximum atomic E-state index is 12.7. The average molecular weight is 406 g/mol. The summed E-state index contributed by atoms with van der Waals surface area (Å²) in [5.41, 5.74) is 0.629. The number of benzene rings is 2. The first-order valence-corrected chi connectivity index (χ1v) is 8.76. The summed E-state index contributed by atoms with van der Waals surface area (Å²) >= 11 is 4.46. The summed E-state index contributed by atoms with van der Waals surface area (Å²) in [5, 5.41) is 8.61. The van der Waals surface area contributed by atoms with E-state index in [0.29, 0.717) is 15.1 Å². The number of rotatable bonds is 4. The molecule has 1 aliphatic heterocycles. The molecule has 1 fully saturated rings. The number of hydrogen-bond acceptors (Lipinski definition) is 4. The predicted octanol–water partition coefficient (Wildman–Crippen LogP) is 3.57. The molecule has 1 saturated heterocycles. The van der Waals surface area contributed by atoms with Crippen molar-refractivity contribution in [3.05, 3.63) is 58.6 Å². The zero-order valence-corrected chi connectivity index (χ0v) is 14.7. The van der Waals surface area contributed by atoms with Gasteiger partial charge in [0.1, 0.15) is 0 Å². The molecule has 0 spiro atoms. The summed E-state index contributed by atoms with van der Waals surface area (Å²) in [6, 6.07) is 13.5. The number of imide groups is 1. The van der Waals surface area contributed by atoms with E-state index < -0.39 is 11.2 Å². The van der Waals surface area contributed by atoms with Gasteiger partial charge in [-0.3, -0.25) is 9.59 Å². The Morgan fingerprint density at radius 1 is 1.12 bits per heavy atom. The Kier molecular flexibility index (Phi) is 4.73. The zero-order valence-electron chi connectivity index (χ0n) is 12.3. The van der Waals surface area contributed by atoms with Crippen LogP contribution in [0.3, 0.4) is 0 Å². The third-order valence-corrected chi connectivity index (χ3v) is 5.52. The van der Waals surface area contributed by atoms with Crippen molar-refractivity contribution in [2.24, 2.45) is 0 Å². The maximum absolute atomic E-state index is 12.7. The summed E-state index contributed by atoms with van der Waals surface area (Å²) in [6.07, 6.45) is 0.0405. The first-order chi connectivity index (χ1) is 11.5. The van der Waals surface area contributed by atoms with E-state index in [1.807, 2.05) is 0 Å². The second-order valence-electron chi connectivity index (χ2n) is 5.13. The van der Waals surface area contributed by atoms with Crippen molar-refractivity contribution in [3.63, 3.8) is 0 Å². The van der Waals surface area contributed by atoms with Crippen molar-refractivity contribution in [1.82, 2.24) is 0 Å². The number of halogens is 1. The molecule has 5 nitrogen and oxygen atoms in total. The standard InChI is InChI=1S/C17H12BrNO4S/c18-11-6-2-3-7-12(11)19-15(20)9-14(16(19)21)24-13-8-4-1-5-10(13)17(22)23/h1-8,14H,9H2,(H,22,23)/t14-/m0/s1. The molecule has 1 N–H and O–H groups in total. The molecule has 1 aliphatic rings. The molecular weight excluding hydrogens is 394 g/mol. The Balaban J connectivity index is 1.88. The summed E-state index contributed by atoms with van der Waals surface area (Å²) in [7, 11) is 0. The molecule has 24 heavy (non-hydrogen) atoms. The van der Waals surface area contributed by atoms with Gasteiger partial charge in [-0.05, 0) is 40.2 Å². The van der Waals surface area contributed by atoms with Crippen LogP contribution in [0, 0.1) is 0 Å². The molecule has 2 aromatic carbocycles. The first-order valence-electron chi connectivity index (χ1n) is 7.09. The molecule has 1 heterocycles. The van der Waals surface area contributed by atoms with E-state index in [1.54, 1.807) is 42.5 Å². The van der Waals surface area contributed by atoms with Gasteiger partial charge in [0.05, 0.1) is 16.5 Å². The van der Waals surface area contributed by atoms with Crippen molar-refractivity contribution in [1.29, 1.82) is 0 Å². The molecule has 0 unspecified atom stereocenters.